The number of hydrogen-bond acceptors (Lipinski definition) is 4. The van der Waals surface area contributed by atoms with Gasteiger partial charge in [0.05, 0.1) is 6.54 Å². The van der Waals surface area contributed by atoms with Gasteiger partial charge in [-0.1, -0.05) is 42.5 Å². The Morgan fingerprint density at radius 2 is 1.77 bits per heavy atom. The van der Waals surface area contributed by atoms with Gasteiger partial charge in [0.1, 0.15) is 5.54 Å². The smallest absolute Gasteiger partial charge is 0.310 e. The average molecular weight is 426 g/mol. The van der Waals surface area contributed by atoms with Gasteiger partial charge in [0.15, 0.2) is 0 Å². The lowest BCUT2D eigenvalue weighted by Gasteiger charge is -2.43. The number of imide groups is 1. The molecule has 2 aliphatic heterocycles. The highest BCUT2D eigenvalue weighted by Gasteiger charge is 2.57. The Balaban J connectivity index is 1.58. The number of urea groups is 1. The van der Waals surface area contributed by atoms with Crippen LogP contribution >= 0.6 is 11.8 Å². The summed E-state index contributed by atoms with van der Waals surface area (Å²) < 4.78 is 0. The molecule has 0 aliphatic carbocycles. The number of piperidine rings is 1. The van der Waals surface area contributed by atoms with E-state index in [2.05, 4.69) is 36.3 Å². The first-order chi connectivity index (χ1) is 14.5. The van der Waals surface area contributed by atoms with Gasteiger partial charge in [0.25, 0.3) is 5.91 Å². The fourth-order valence-electron chi connectivity index (χ4n) is 5.13. The van der Waals surface area contributed by atoms with Gasteiger partial charge in [-0.25, -0.2) is 4.79 Å². The van der Waals surface area contributed by atoms with Crippen LogP contribution in [0.15, 0.2) is 42.5 Å². The molecule has 2 aromatic rings. The van der Waals surface area contributed by atoms with Crippen LogP contribution in [0.1, 0.15) is 32.3 Å². The molecule has 3 amide bonds. The molecule has 2 saturated heterocycles. The van der Waals surface area contributed by atoms with Crippen molar-refractivity contribution in [1.29, 1.82) is 0 Å². The maximum absolute atomic E-state index is 13.6. The third kappa shape index (κ3) is 3.50. The highest BCUT2D eigenvalue weighted by Crippen LogP contribution is 2.38. The number of likely N-dealkylation sites (N-methyl/N-ethyl adjacent to an activating group) is 1. The maximum Gasteiger partial charge on any atom is 0.327 e. The van der Waals surface area contributed by atoms with Crippen molar-refractivity contribution < 1.29 is 9.59 Å². The summed E-state index contributed by atoms with van der Waals surface area (Å²) in [4.78, 5) is 32.7. The second-order valence-electron chi connectivity index (χ2n) is 8.43. The molecule has 0 N–H and O–H groups in total. The Bertz CT molecular complexity index is 934. The van der Waals surface area contributed by atoms with Gasteiger partial charge >= 0.3 is 6.03 Å². The molecular formula is C24H31N3O2S. The Morgan fingerprint density at radius 1 is 1.07 bits per heavy atom. The van der Waals surface area contributed by atoms with E-state index in [0.29, 0.717) is 19.1 Å². The summed E-state index contributed by atoms with van der Waals surface area (Å²) in [6.45, 7) is 6.86. The molecule has 160 valence electrons. The number of amides is 3. The molecule has 1 spiro atoms. The predicted octanol–water partition coefficient (Wildman–Crippen LogP) is 4.21. The lowest BCUT2D eigenvalue weighted by molar-refractivity contribution is -0.136. The number of carbonyl (C=O) groups is 2. The van der Waals surface area contributed by atoms with Crippen molar-refractivity contribution in [2.45, 2.75) is 44.8 Å². The Morgan fingerprint density at radius 3 is 2.47 bits per heavy atom. The standard InChI is InChI=1S/C24H31N3O2S/c1-4-27-23(29)26(16-20-10-7-9-19-8-5-6-11-21(19)20)22(28)24(27)12-14-25(15-13-24)18(2)17-30-3/h5-11,18H,4,12-17H2,1-3H3/t18-/m0/s1. The van der Waals surface area contributed by atoms with E-state index in [0.717, 1.165) is 48.0 Å². The number of hydrogen-bond donors (Lipinski definition) is 0. The topological polar surface area (TPSA) is 43.9 Å². The molecular weight excluding hydrogens is 394 g/mol. The zero-order valence-corrected chi connectivity index (χ0v) is 19.0. The van der Waals surface area contributed by atoms with Gasteiger partial charge in [-0.2, -0.15) is 11.8 Å². The first kappa shape index (κ1) is 21.2. The fraction of sp³-hybridized carbons (Fsp3) is 0.500. The van der Waals surface area contributed by atoms with Crippen LogP contribution in [0.2, 0.25) is 0 Å². The molecule has 0 aromatic heterocycles. The van der Waals surface area contributed by atoms with Crippen molar-refractivity contribution in [3.05, 3.63) is 48.0 Å². The van der Waals surface area contributed by atoms with Gasteiger partial charge in [0, 0.05) is 31.4 Å². The Hall–Kier alpha value is -2.05. The minimum Gasteiger partial charge on any atom is -0.310 e. The Kier molecular flexibility index (Phi) is 6.07. The SMILES string of the molecule is CCN1C(=O)N(Cc2cccc3ccccc23)C(=O)C12CCN([C@@H](C)CSC)CC2. The second kappa shape index (κ2) is 8.60. The number of carbonyl (C=O) groups excluding carboxylic acids is 2. The van der Waals surface area contributed by atoms with Crippen LogP contribution in [0, 0.1) is 0 Å². The number of benzene rings is 2. The van der Waals surface area contributed by atoms with Crippen LogP contribution in [0.3, 0.4) is 0 Å². The van der Waals surface area contributed by atoms with Crippen LogP contribution in [0.4, 0.5) is 4.79 Å². The van der Waals surface area contributed by atoms with E-state index >= 15 is 0 Å². The van der Waals surface area contributed by atoms with E-state index in [1.54, 1.807) is 0 Å². The van der Waals surface area contributed by atoms with E-state index in [9.17, 15) is 9.59 Å². The third-order valence-corrected chi connectivity index (χ3v) is 7.62. The van der Waals surface area contributed by atoms with E-state index in [4.69, 9.17) is 0 Å². The minimum absolute atomic E-state index is 0.0144. The molecule has 1 atom stereocenters. The minimum atomic E-state index is -0.675. The molecule has 30 heavy (non-hydrogen) atoms. The number of rotatable bonds is 6. The highest BCUT2D eigenvalue weighted by atomic mass is 32.2. The summed E-state index contributed by atoms with van der Waals surface area (Å²) in [5.74, 6) is 1.07. The zero-order valence-electron chi connectivity index (χ0n) is 18.1. The number of nitrogens with zero attached hydrogens (tertiary/aromatic N) is 3. The molecule has 2 heterocycles. The van der Waals surface area contributed by atoms with E-state index < -0.39 is 5.54 Å². The van der Waals surface area contributed by atoms with E-state index in [-0.39, 0.29) is 11.9 Å². The summed E-state index contributed by atoms with van der Waals surface area (Å²) >= 11 is 1.85. The van der Waals surface area contributed by atoms with Crippen molar-refractivity contribution in [2.75, 3.05) is 31.6 Å². The average Bonchev–Trinajstić information content (AvgIpc) is 2.95. The quantitative estimate of drug-likeness (QED) is 0.651. The van der Waals surface area contributed by atoms with E-state index in [1.165, 1.54) is 4.90 Å². The summed E-state index contributed by atoms with van der Waals surface area (Å²) in [5.41, 5.74) is 0.348. The maximum atomic E-state index is 13.6. The molecule has 2 aromatic carbocycles. The lowest BCUT2D eigenvalue weighted by atomic mass is 9.85. The van der Waals surface area contributed by atoms with Crippen molar-refractivity contribution >= 4 is 34.5 Å². The largest absolute Gasteiger partial charge is 0.327 e. The van der Waals surface area contributed by atoms with Crippen LogP contribution in [0.5, 0.6) is 0 Å². The third-order valence-electron chi connectivity index (χ3n) is 6.80. The number of likely N-dealkylation sites (tertiary alicyclic amines) is 1. The second-order valence-corrected chi connectivity index (χ2v) is 9.34. The molecule has 5 nitrogen and oxygen atoms in total. The lowest BCUT2D eigenvalue weighted by Crippen LogP contribution is -2.57. The summed E-state index contributed by atoms with van der Waals surface area (Å²) in [5, 5.41) is 2.23. The molecule has 0 saturated carbocycles. The van der Waals surface area contributed by atoms with E-state index in [1.807, 2.05) is 47.9 Å². The number of thioether (sulfide) groups is 1. The zero-order chi connectivity index (χ0) is 21.3. The summed E-state index contributed by atoms with van der Waals surface area (Å²) in [7, 11) is 0. The molecule has 4 rings (SSSR count). The molecule has 6 heteroatoms. The predicted molar refractivity (Wildman–Crippen MR) is 124 cm³/mol. The van der Waals surface area contributed by atoms with Gasteiger partial charge < -0.3 is 4.90 Å². The highest BCUT2D eigenvalue weighted by molar-refractivity contribution is 7.98. The van der Waals surface area contributed by atoms with Gasteiger partial charge in [-0.3, -0.25) is 14.6 Å². The first-order valence-corrected chi connectivity index (χ1v) is 12.2. The van der Waals surface area contributed by atoms with Crippen LogP contribution in [0.25, 0.3) is 10.8 Å². The normalized spacial score (nSPS) is 20.5. The Labute approximate surface area is 183 Å². The van der Waals surface area contributed by atoms with Crippen molar-refractivity contribution in [1.82, 2.24) is 14.7 Å². The van der Waals surface area contributed by atoms with Crippen LogP contribution < -0.4 is 0 Å². The summed E-state index contributed by atoms with van der Waals surface area (Å²) in [6.07, 6.45) is 3.57. The monoisotopic (exact) mass is 425 g/mol. The summed E-state index contributed by atoms with van der Waals surface area (Å²) in [6, 6.07) is 14.6. The van der Waals surface area contributed by atoms with Crippen molar-refractivity contribution in [3.63, 3.8) is 0 Å². The van der Waals surface area contributed by atoms with Gasteiger partial charge in [-0.15, -0.1) is 0 Å². The fourth-order valence-corrected chi connectivity index (χ4v) is 5.82. The van der Waals surface area contributed by atoms with Gasteiger partial charge in [-0.05, 0) is 49.3 Å². The molecule has 2 fully saturated rings. The number of fused-ring (bicyclic) bond motifs is 1. The molecule has 0 bridgehead atoms. The van der Waals surface area contributed by atoms with Crippen molar-refractivity contribution in [2.24, 2.45) is 0 Å². The van der Waals surface area contributed by atoms with Gasteiger partial charge in [0.2, 0.25) is 0 Å². The molecule has 0 unspecified atom stereocenters. The van der Waals surface area contributed by atoms with Crippen molar-refractivity contribution in [3.8, 4) is 0 Å². The molecule has 2 aliphatic rings. The molecule has 0 radical (unpaired) electrons. The first-order valence-electron chi connectivity index (χ1n) is 10.8. The van der Waals surface area contributed by atoms with Crippen LogP contribution in [-0.4, -0.2) is 69.9 Å². The van der Waals surface area contributed by atoms with Crippen LogP contribution in [-0.2, 0) is 11.3 Å².